The Morgan fingerprint density at radius 1 is 1.44 bits per heavy atom. The lowest BCUT2D eigenvalue weighted by molar-refractivity contribution is -0.0548. The van der Waals surface area contributed by atoms with Gasteiger partial charge in [0.1, 0.15) is 6.10 Å². The summed E-state index contributed by atoms with van der Waals surface area (Å²) in [5, 5.41) is 4.14. The van der Waals surface area contributed by atoms with Crippen molar-refractivity contribution >= 4 is 0 Å². The minimum absolute atomic E-state index is 0.116. The molecule has 25 heavy (non-hydrogen) atoms. The number of pyridine rings is 1. The van der Waals surface area contributed by atoms with E-state index in [0.717, 1.165) is 31.7 Å². The van der Waals surface area contributed by atoms with Gasteiger partial charge in [-0.1, -0.05) is 12.1 Å². The second-order valence-corrected chi connectivity index (χ2v) is 6.79. The van der Waals surface area contributed by atoms with Gasteiger partial charge in [-0.2, -0.15) is 4.98 Å². The molecule has 0 spiro atoms. The highest BCUT2D eigenvalue weighted by atomic mass is 16.5. The van der Waals surface area contributed by atoms with Crippen LogP contribution in [0.5, 0.6) is 5.88 Å². The highest BCUT2D eigenvalue weighted by Crippen LogP contribution is 2.30. The zero-order valence-corrected chi connectivity index (χ0v) is 14.7. The van der Waals surface area contributed by atoms with Crippen LogP contribution in [0.3, 0.4) is 0 Å². The van der Waals surface area contributed by atoms with Crippen LogP contribution in [0.25, 0.3) is 11.5 Å². The number of aromatic nitrogens is 3. The van der Waals surface area contributed by atoms with Gasteiger partial charge in [-0.25, -0.2) is 4.98 Å². The summed E-state index contributed by atoms with van der Waals surface area (Å²) in [6.07, 6.45) is 5.08. The summed E-state index contributed by atoms with van der Waals surface area (Å²) in [7, 11) is 0. The van der Waals surface area contributed by atoms with Crippen LogP contribution in [0.2, 0.25) is 0 Å². The van der Waals surface area contributed by atoms with Crippen molar-refractivity contribution in [2.45, 2.75) is 51.4 Å². The summed E-state index contributed by atoms with van der Waals surface area (Å²) < 4.78 is 17.2. The Labute approximate surface area is 147 Å². The Morgan fingerprint density at radius 2 is 2.36 bits per heavy atom. The second kappa shape index (κ2) is 7.09. The van der Waals surface area contributed by atoms with Crippen molar-refractivity contribution in [1.82, 2.24) is 20.0 Å². The van der Waals surface area contributed by atoms with Crippen LogP contribution < -0.4 is 4.74 Å². The van der Waals surface area contributed by atoms with Gasteiger partial charge in [0.25, 0.3) is 5.89 Å². The standard InChI is InChI=1S/C18H24N4O3/c1-3-12(2)24-16-9-13(6-7-19-16)18-20-17(21-25-18)15-10-22-8-4-5-14(22)11-23-15/h6-7,9,12,14-15H,3-5,8,10-11H2,1-2H3. The summed E-state index contributed by atoms with van der Waals surface area (Å²) in [6.45, 7) is 6.81. The van der Waals surface area contributed by atoms with Crippen molar-refractivity contribution in [2.24, 2.45) is 0 Å². The van der Waals surface area contributed by atoms with Crippen LogP contribution in [0.4, 0.5) is 0 Å². The Bertz CT molecular complexity index is 720. The third-order valence-corrected chi connectivity index (χ3v) is 5.00. The number of morpholine rings is 1. The minimum Gasteiger partial charge on any atom is -0.475 e. The van der Waals surface area contributed by atoms with Gasteiger partial charge in [0.2, 0.25) is 11.7 Å². The first kappa shape index (κ1) is 16.5. The smallest absolute Gasteiger partial charge is 0.258 e. The molecule has 0 radical (unpaired) electrons. The highest BCUT2D eigenvalue weighted by Gasteiger charge is 2.35. The molecule has 0 bridgehead atoms. The van der Waals surface area contributed by atoms with E-state index < -0.39 is 0 Å². The summed E-state index contributed by atoms with van der Waals surface area (Å²) >= 11 is 0. The fourth-order valence-corrected chi connectivity index (χ4v) is 3.35. The molecule has 0 saturated carbocycles. The molecule has 7 nitrogen and oxygen atoms in total. The summed E-state index contributed by atoms with van der Waals surface area (Å²) in [5.41, 5.74) is 0.807. The molecule has 2 saturated heterocycles. The predicted octanol–water partition coefficient (Wildman–Crippen LogP) is 2.84. The molecular formula is C18H24N4O3. The van der Waals surface area contributed by atoms with Crippen molar-refractivity contribution in [3.05, 3.63) is 24.2 Å². The Kier molecular flexibility index (Phi) is 4.67. The molecule has 0 amide bonds. The molecule has 3 atom stereocenters. The van der Waals surface area contributed by atoms with Crippen LogP contribution in [0, 0.1) is 0 Å². The van der Waals surface area contributed by atoms with Crippen LogP contribution in [-0.2, 0) is 4.74 Å². The van der Waals surface area contributed by atoms with Crippen molar-refractivity contribution in [3.8, 4) is 17.3 Å². The third kappa shape index (κ3) is 3.52. The topological polar surface area (TPSA) is 73.5 Å². The fraction of sp³-hybridized carbons (Fsp3) is 0.611. The molecule has 2 aromatic rings. The lowest BCUT2D eigenvalue weighted by Crippen LogP contribution is -2.42. The molecule has 0 aliphatic carbocycles. The average molecular weight is 344 g/mol. The van der Waals surface area contributed by atoms with E-state index in [4.69, 9.17) is 14.0 Å². The number of fused-ring (bicyclic) bond motifs is 1. The van der Waals surface area contributed by atoms with E-state index in [-0.39, 0.29) is 12.2 Å². The van der Waals surface area contributed by atoms with E-state index in [1.807, 2.05) is 19.1 Å². The molecule has 0 aromatic carbocycles. The van der Waals surface area contributed by atoms with Crippen LogP contribution in [0.15, 0.2) is 22.9 Å². The first-order valence-corrected chi connectivity index (χ1v) is 9.05. The maximum absolute atomic E-state index is 5.95. The molecule has 2 fully saturated rings. The van der Waals surface area contributed by atoms with Gasteiger partial charge < -0.3 is 14.0 Å². The number of hydrogen-bond acceptors (Lipinski definition) is 7. The molecule has 0 N–H and O–H groups in total. The number of nitrogens with zero attached hydrogens (tertiary/aromatic N) is 4. The second-order valence-electron chi connectivity index (χ2n) is 6.79. The SMILES string of the molecule is CCC(C)Oc1cc(-c2nc(C3CN4CCCC4CO3)no2)ccn1. The first-order chi connectivity index (χ1) is 12.2. The van der Waals surface area contributed by atoms with E-state index in [1.54, 1.807) is 6.20 Å². The van der Waals surface area contributed by atoms with Crippen molar-refractivity contribution < 1.29 is 14.0 Å². The number of rotatable bonds is 5. The molecule has 134 valence electrons. The Balaban J connectivity index is 1.48. The molecular weight excluding hydrogens is 320 g/mol. The number of ether oxygens (including phenoxy) is 2. The molecule has 2 aliphatic heterocycles. The normalized spacial score (nSPS) is 24.9. The lowest BCUT2D eigenvalue weighted by atomic mass is 10.2. The third-order valence-electron chi connectivity index (χ3n) is 5.00. The minimum atomic E-state index is -0.121. The summed E-state index contributed by atoms with van der Waals surface area (Å²) in [4.78, 5) is 11.3. The summed E-state index contributed by atoms with van der Waals surface area (Å²) in [5.74, 6) is 1.65. The van der Waals surface area contributed by atoms with E-state index in [9.17, 15) is 0 Å². The van der Waals surface area contributed by atoms with Crippen molar-refractivity contribution in [3.63, 3.8) is 0 Å². The maximum atomic E-state index is 5.95. The van der Waals surface area contributed by atoms with Crippen molar-refractivity contribution in [2.75, 3.05) is 19.7 Å². The van der Waals surface area contributed by atoms with E-state index >= 15 is 0 Å². The van der Waals surface area contributed by atoms with Crippen LogP contribution in [0.1, 0.15) is 45.0 Å². The van der Waals surface area contributed by atoms with E-state index in [2.05, 4.69) is 26.9 Å². The van der Waals surface area contributed by atoms with Gasteiger partial charge >= 0.3 is 0 Å². The van der Waals surface area contributed by atoms with Gasteiger partial charge in [-0.05, 0) is 38.8 Å². The molecule has 4 heterocycles. The highest BCUT2D eigenvalue weighted by molar-refractivity contribution is 5.53. The first-order valence-electron chi connectivity index (χ1n) is 9.05. The van der Waals surface area contributed by atoms with Gasteiger partial charge in [0.05, 0.1) is 12.7 Å². The fourth-order valence-electron chi connectivity index (χ4n) is 3.35. The van der Waals surface area contributed by atoms with Gasteiger partial charge in [-0.3, -0.25) is 4.90 Å². The largest absolute Gasteiger partial charge is 0.475 e. The molecule has 3 unspecified atom stereocenters. The Hall–Kier alpha value is -1.99. The van der Waals surface area contributed by atoms with Gasteiger partial charge in [0.15, 0.2) is 0 Å². The zero-order valence-electron chi connectivity index (χ0n) is 14.7. The lowest BCUT2D eigenvalue weighted by Gasteiger charge is -2.33. The summed E-state index contributed by atoms with van der Waals surface area (Å²) in [6, 6.07) is 4.24. The zero-order chi connectivity index (χ0) is 17.2. The Morgan fingerprint density at radius 3 is 3.24 bits per heavy atom. The average Bonchev–Trinajstić information content (AvgIpc) is 3.30. The predicted molar refractivity (Wildman–Crippen MR) is 91.2 cm³/mol. The quantitative estimate of drug-likeness (QED) is 0.825. The maximum Gasteiger partial charge on any atom is 0.258 e. The van der Waals surface area contributed by atoms with Crippen molar-refractivity contribution in [1.29, 1.82) is 0 Å². The van der Waals surface area contributed by atoms with Crippen LogP contribution in [-0.4, -0.2) is 51.9 Å². The number of hydrogen-bond donors (Lipinski definition) is 0. The molecule has 2 aromatic heterocycles. The molecule has 4 rings (SSSR count). The monoisotopic (exact) mass is 344 g/mol. The van der Waals surface area contributed by atoms with Gasteiger partial charge in [0, 0.05) is 30.4 Å². The van der Waals surface area contributed by atoms with E-state index in [0.29, 0.717) is 23.6 Å². The van der Waals surface area contributed by atoms with Gasteiger partial charge in [-0.15, -0.1) is 0 Å². The van der Waals surface area contributed by atoms with E-state index in [1.165, 1.54) is 12.8 Å². The van der Waals surface area contributed by atoms with Crippen LogP contribution >= 0.6 is 0 Å². The molecule has 2 aliphatic rings. The molecule has 7 heteroatoms.